The lowest BCUT2D eigenvalue weighted by Gasteiger charge is -2.29. The minimum absolute atomic E-state index is 0.0391. The van der Waals surface area contributed by atoms with E-state index in [2.05, 4.69) is 4.98 Å². The van der Waals surface area contributed by atoms with Crippen LogP contribution < -0.4 is 5.56 Å². The Labute approximate surface area is 136 Å². The lowest BCUT2D eigenvalue weighted by Crippen LogP contribution is -2.42. The van der Waals surface area contributed by atoms with Gasteiger partial charge in [0.05, 0.1) is 5.92 Å². The van der Waals surface area contributed by atoms with Gasteiger partial charge in [-0.1, -0.05) is 0 Å². The molecule has 122 valence electrons. The summed E-state index contributed by atoms with van der Waals surface area (Å²) in [5.74, 6) is -1.61. The number of carboxylic acid groups (broad SMARTS) is 1. The third kappa shape index (κ3) is 2.63. The molecular weight excluding hydrogens is 318 g/mol. The molecule has 1 amide bonds. The molecule has 0 aliphatic carbocycles. The number of carboxylic acids is 1. The Morgan fingerprint density at radius 2 is 1.96 bits per heavy atom. The minimum atomic E-state index is -0.829. The van der Waals surface area contributed by atoms with Crippen LogP contribution in [0.4, 0.5) is 0 Å². The van der Waals surface area contributed by atoms with Crippen molar-refractivity contribution in [2.75, 3.05) is 13.1 Å². The summed E-state index contributed by atoms with van der Waals surface area (Å²) in [6.07, 6.45) is 2.15. The highest BCUT2D eigenvalue weighted by atomic mass is 32.1. The van der Waals surface area contributed by atoms with E-state index in [-0.39, 0.29) is 17.0 Å². The molecule has 0 aromatic carbocycles. The fraction of sp³-hybridized carbons (Fsp3) is 0.467. The van der Waals surface area contributed by atoms with Crippen LogP contribution >= 0.6 is 11.3 Å². The van der Waals surface area contributed by atoms with Crippen LogP contribution in [0.3, 0.4) is 0 Å². The molecule has 2 aromatic heterocycles. The predicted molar refractivity (Wildman–Crippen MR) is 85.1 cm³/mol. The molecule has 0 saturated carbocycles. The van der Waals surface area contributed by atoms with E-state index in [1.807, 2.05) is 13.8 Å². The fourth-order valence-electron chi connectivity index (χ4n) is 2.82. The number of carbonyl (C=O) groups excluding carboxylic acids is 1. The Kier molecular flexibility index (Phi) is 3.93. The average Bonchev–Trinajstić information content (AvgIpc) is 2.82. The number of thiazole rings is 1. The zero-order valence-electron chi connectivity index (χ0n) is 12.9. The van der Waals surface area contributed by atoms with Crippen molar-refractivity contribution in [1.29, 1.82) is 0 Å². The van der Waals surface area contributed by atoms with Crippen LogP contribution in [0.5, 0.6) is 0 Å². The second-order valence-electron chi connectivity index (χ2n) is 5.74. The first kappa shape index (κ1) is 15.7. The molecule has 23 heavy (non-hydrogen) atoms. The molecule has 2 aromatic rings. The Balaban J connectivity index is 1.90. The van der Waals surface area contributed by atoms with Crippen LogP contribution in [-0.2, 0) is 4.79 Å². The monoisotopic (exact) mass is 335 g/mol. The van der Waals surface area contributed by atoms with Gasteiger partial charge in [0.25, 0.3) is 11.5 Å². The lowest BCUT2D eigenvalue weighted by molar-refractivity contribution is -0.143. The van der Waals surface area contributed by atoms with Crippen molar-refractivity contribution < 1.29 is 14.7 Å². The standard InChI is InChI=1S/C15H17N3O4S/c1-8-9(2)23-15-16-7-11(13(20)18(8)15)12(19)17-5-3-10(4-6-17)14(21)22/h7,10H,3-6H2,1-2H3,(H,21,22). The fourth-order valence-corrected chi connectivity index (χ4v) is 3.75. The first-order chi connectivity index (χ1) is 10.9. The van der Waals surface area contributed by atoms with Gasteiger partial charge in [-0.05, 0) is 26.7 Å². The normalized spacial score (nSPS) is 16.0. The van der Waals surface area contributed by atoms with E-state index >= 15 is 0 Å². The number of rotatable bonds is 2. The quantitative estimate of drug-likeness (QED) is 0.893. The van der Waals surface area contributed by atoms with Gasteiger partial charge in [-0.2, -0.15) is 0 Å². The summed E-state index contributed by atoms with van der Waals surface area (Å²) in [7, 11) is 0. The van der Waals surface area contributed by atoms with Gasteiger partial charge in [0.1, 0.15) is 5.56 Å². The van der Waals surface area contributed by atoms with Crippen LogP contribution in [0.2, 0.25) is 0 Å². The van der Waals surface area contributed by atoms with Crippen LogP contribution in [0.15, 0.2) is 11.0 Å². The van der Waals surface area contributed by atoms with E-state index in [0.717, 1.165) is 10.6 Å². The summed E-state index contributed by atoms with van der Waals surface area (Å²) in [5, 5.41) is 9.01. The topological polar surface area (TPSA) is 92.0 Å². The van der Waals surface area contributed by atoms with E-state index in [1.54, 1.807) is 4.90 Å². The zero-order chi connectivity index (χ0) is 16.7. The molecule has 3 heterocycles. The molecule has 0 spiro atoms. The van der Waals surface area contributed by atoms with Crippen molar-refractivity contribution >= 4 is 28.2 Å². The lowest BCUT2D eigenvalue weighted by atomic mass is 9.97. The molecule has 1 N–H and O–H groups in total. The van der Waals surface area contributed by atoms with Gasteiger partial charge in [0.15, 0.2) is 4.96 Å². The first-order valence-corrected chi connectivity index (χ1v) is 8.21. The van der Waals surface area contributed by atoms with E-state index < -0.39 is 11.9 Å². The SMILES string of the molecule is Cc1sc2ncc(C(=O)N3CCC(C(=O)O)CC3)c(=O)n2c1C. The predicted octanol–water partition coefficient (Wildman–Crippen LogP) is 1.31. The zero-order valence-corrected chi connectivity index (χ0v) is 13.7. The van der Waals surface area contributed by atoms with Gasteiger partial charge < -0.3 is 10.0 Å². The largest absolute Gasteiger partial charge is 0.481 e. The number of aryl methyl sites for hydroxylation is 2. The number of nitrogens with zero attached hydrogens (tertiary/aromatic N) is 3. The molecular formula is C15H17N3O4S. The number of hydrogen-bond acceptors (Lipinski definition) is 5. The van der Waals surface area contributed by atoms with Crippen LogP contribution in [-0.4, -0.2) is 44.4 Å². The minimum Gasteiger partial charge on any atom is -0.481 e. The third-order valence-corrected chi connectivity index (χ3v) is 5.45. The van der Waals surface area contributed by atoms with Crippen molar-refractivity contribution in [3.8, 4) is 0 Å². The molecule has 1 aliphatic heterocycles. The van der Waals surface area contributed by atoms with E-state index in [4.69, 9.17) is 5.11 Å². The van der Waals surface area contributed by atoms with Gasteiger partial charge in [-0.25, -0.2) is 4.98 Å². The second kappa shape index (κ2) is 5.77. The Morgan fingerprint density at radius 1 is 1.30 bits per heavy atom. The number of aromatic nitrogens is 2. The summed E-state index contributed by atoms with van der Waals surface area (Å²) < 4.78 is 1.47. The molecule has 1 aliphatic rings. The maximum Gasteiger partial charge on any atom is 0.306 e. The molecule has 0 radical (unpaired) electrons. The van der Waals surface area contributed by atoms with Crippen LogP contribution in [0.25, 0.3) is 4.96 Å². The van der Waals surface area contributed by atoms with Crippen molar-refractivity contribution in [3.63, 3.8) is 0 Å². The Hall–Kier alpha value is -2.22. The van der Waals surface area contributed by atoms with Crippen molar-refractivity contribution in [2.24, 2.45) is 5.92 Å². The second-order valence-corrected chi connectivity index (χ2v) is 6.93. The molecule has 0 atom stereocenters. The summed E-state index contributed by atoms with van der Waals surface area (Å²) in [5.41, 5.74) is 0.473. The number of likely N-dealkylation sites (tertiary alicyclic amines) is 1. The van der Waals surface area contributed by atoms with Gasteiger partial charge in [-0.3, -0.25) is 18.8 Å². The molecule has 0 bridgehead atoms. The van der Waals surface area contributed by atoms with Gasteiger partial charge in [0, 0.05) is 29.9 Å². The smallest absolute Gasteiger partial charge is 0.306 e. The van der Waals surface area contributed by atoms with Gasteiger partial charge >= 0.3 is 5.97 Å². The average molecular weight is 335 g/mol. The number of amides is 1. The highest BCUT2D eigenvalue weighted by molar-refractivity contribution is 7.17. The van der Waals surface area contributed by atoms with Crippen molar-refractivity contribution in [3.05, 3.63) is 32.7 Å². The number of hydrogen-bond donors (Lipinski definition) is 1. The van der Waals surface area contributed by atoms with E-state index in [1.165, 1.54) is 21.9 Å². The molecule has 1 saturated heterocycles. The molecule has 0 unspecified atom stereocenters. The number of aliphatic carboxylic acids is 1. The first-order valence-electron chi connectivity index (χ1n) is 7.40. The maximum absolute atomic E-state index is 12.6. The summed E-state index contributed by atoms with van der Waals surface area (Å²) >= 11 is 1.41. The third-order valence-electron chi connectivity index (χ3n) is 4.38. The molecule has 1 fully saturated rings. The summed E-state index contributed by atoms with van der Waals surface area (Å²) in [4.78, 5) is 43.5. The van der Waals surface area contributed by atoms with E-state index in [0.29, 0.717) is 30.9 Å². The summed E-state index contributed by atoms with van der Waals surface area (Å²) in [6, 6.07) is 0. The maximum atomic E-state index is 12.6. The molecule has 3 rings (SSSR count). The Morgan fingerprint density at radius 3 is 2.57 bits per heavy atom. The number of piperidine rings is 1. The highest BCUT2D eigenvalue weighted by Crippen LogP contribution is 2.20. The summed E-state index contributed by atoms with van der Waals surface area (Å²) in [6.45, 7) is 4.43. The van der Waals surface area contributed by atoms with Gasteiger partial charge in [-0.15, -0.1) is 11.3 Å². The van der Waals surface area contributed by atoms with E-state index in [9.17, 15) is 14.4 Å². The number of carbonyl (C=O) groups is 2. The van der Waals surface area contributed by atoms with Crippen LogP contribution in [0, 0.1) is 19.8 Å². The van der Waals surface area contributed by atoms with Gasteiger partial charge in [0.2, 0.25) is 0 Å². The molecule has 7 nitrogen and oxygen atoms in total. The molecule has 8 heteroatoms. The van der Waals surface area contributed by atoms with Crippen molar-refractivity contribution in [2.45, 2.75) is 26.7 Å². The van der Waals surface area contributed by atoms with Crippen LogP contribution in [0.1, 0.15) is 33.8 Å². The number of fused-ring (bicyclic) bond motifs is 1. The highest BCUT2D eigenvalue weighted by Gasteiger charge is 2.29. The van der Waals surface area contributed by atoms with Crippen molar-refractivity contribution in [1.82, 2.24) is 14.3 Å². The Bertz CT molecular complexity index is 846.